The number of hydrogen-bond donors (Lipinski definition) is 0. The van der Waals surface area contributed by atoms with Crippen LogP contribution < -0.4 is 4.74 Å². The monoisotopic (exact) mass is 370 g/mol. The van der Waals surface area contributed by atoms with Crippen molar-refractivity contribution >= 4 is 17.7 Å². The van der Waals surface area contributed by atoms with Gasteiger partial charge in [0, 0.05) is 12.0 Å². The molecule has 0 heterocycles. The van der Waals surface area contributed by atoms with E-state index in [-0.39, 0.29) is 16.9 Å². The summed E-state index contributed by atoms with van der Waals surface area (Å²) in [5, 5.41) is 0. The first kappa shape index (κ1) is 20.2. The Balaban J connectivity index is 2.51. The van der Waals surface area contributed by atoms with Crippen LogP contribution in [-0.4, -0.2) is 38.5 Å². The number of carbonyl (C=O) groups is 3. The molecule has 0 aliphatic heterocycles. The lowest BCUT2D eigenvalue weighted by molar-refractivity contribution is 0.0598. The number of carbonyl (C=O) groups excluding carboxylic acids is 3. The number of ketones is 1. The highest BCUT2D eigenvalue weighted by molar-refractivity contribution is 5.96. The molecule has 6 heteroatoms. The summed E-state index contributed by atoms with van der Waals surface area (Å²) in [7, 11) is 2.55. The highest BCUT2D eigenvalue weighted by Gasteiger charge is 2.16. The summed E-state index contributed by atoms with van der Waals surface area (Å²) in [5.41, 5.74) is 2.53. The van der Waals surface area contributed by atoms with E-state index in [2.05, 4.69) is 0 Å². The maximum atomic E-state index is 12.0. The van der Waals surface area contributed by atoms with Gasteiger partial charge in [-0.2, -0.15) is 0 Å². The van der Waals surface area contributed by atoms with E-state index >= 15 is 0 Å². The van der Waals surface area contributed by atoms with Crippen LogP contribution in [0.15, 0.2) is 36.4 Å². The highest BCUT2D eigenvalue weighted by Crippen LogP contribution is 2.25. The number of ether oxygens (including phenoxy) is 3. The number of Topliss-reactive ketones (excluding diaryl/α,β-unsaturated/α-hetero) is 1. The molecule has 0 N–H and O–H groups in total. The fourth-order valence-electron chi connectivity index (χ4n) is 2.72. The first-order valence-electron chi connectivity index (χ1n) is 8.46. The predicted octanol–water partition coefficient (Wildman–Crippen LogP) is 3.45. The standard InChI is InChI=1S/C21H22O6/c1-5-27-19-7-6-15(13(2)22)11-16(19)8-14-9-17(20(23)25-3)12-18(10-14)21(24)26-4/h6-7,9-12H,5,8H2,1-4H3. The van der Waals surface area contributed by atoms with Crippen molar-refractivity contribution in [3.63, 3.8) is 0 Å². The van der Waals surface area contributed by atoms with Gasteiger partial charge < -0.3 is 14.2 Å². The van der Waals surface area contributed by atoms with Crippen LogP contribution in [-0.2, 0) is 15.9 Å². The van der Waals surface area contributed by atoms with Crippen LogP contribution in [0, 0.1) is 0 Å². The number of hydrogen-bond acceptors (Lipinski definition) is 6. The van der Waals surface area contributed by atoms with E-state index in [0.29, 0.717) is 29.9 Å². The van der Waals surface area contributed by atoms with Crippen molar-refractivity contribution < 1.29 is 28.6 Å². The molecule has 0 unspecified atom stereocenters. The maximum Gasteiger partial charge on any atom is 0.337 e. The van der Waals surface area contributed by atoms with E-state index < -0.39 is 11.9 Å². The van der Waals surface area contributed by atoms with E-state index in [1.54, 1.807) is 30.3 Å². The minimum absolute atomic E-state index is 0.0575. The van der Waals surface area contributed by atoms with Gasteiger partial charge in [-0.3, -0.25) is 4.79 Å². The summed E-state index contributed by atoms with van der Waals surface area (Å²) < 4.78 is 15.2. The topological polar surface area (TPSA) is 78.9 Å². The molecule has 6 nitrogen and oxygen atoms in total. The Labute approximate surface area is 158 Å². The minimum atomic E-state index is -0.551. The van der Waals surface area contributed by atoms with E-state index in [4.69, 9.17) is 14.2 Å². The molecular weight excluding hydrogens is 348 g/mol. The summed E-state index contributed by atoms with van der Waals surface area (Å²) in [4.78, 5) is 35.6. The number of rotatable bonds is 7. The molecular formula is C21H22O6. The van der Waals surface area contributed by atoms with Gasteiger partial charge in [-0.1, -0.05) is 0 Å². The third kappa shape index (κ3) is 4.94. The molecule has 0 radical (unpaired) electrons. The number of methoxy groups -OCH3 is 2. The number of esters is 2. The second-order valence-corrected chi connectivity index (χ2v) is 5.89. The summed E-state index contributed by atoms with van der Waals surface area (Å²) >= 11 is 0. The fourth-order valence-corrected chi connectivity index (χ4v) is 2.72. The largest absolute Gasteiger partial charge is 0.494 e. The lowest BCUT2D eigenvalue weighted by Gasteiger charge is -2.13. The molecule has 0 aliphatic carbocycles. The Morgan fingerprint density at radius 1 is 0.852 bits per heavy atom. The average Bonchev–Trinajstić information content (AvgIpc) is 2.67. The molecule has 142 valence electrons. The van der Waals surface area contributed by atoms with Gasteiger partial charge in [0.1, 0.15) is 5.75 Å². The normalized spacial score (nSPS) is 10.2. The first-order valence-corrected chi connectivity index (χ1v) is 8.46. The minimum Gasteiger partial charge on any atom is -0.494 e. The Hall–Kier alpha value is -3.15. The molecule has 0 amide bonds. The van der Waals surface area contributed by atoms with Crippen molar-refractivity contribution in [1.82, 2.24) is 0 Å². The summed E-state index contributed by atoms with van der Waals surface area (Å²) in [6.07, 6.45) is 0.366. The van der Waals surface area contributed by atoms with Crippen molar-refractivity contribution in [3.05, 3.63) is 64.2 Å². The second-order valence-electron chi connectivity index (χ2n) is 5.89. The van der Waals surface area contributed by atoms with Crippen LogP contribution in [0.25, 0.3) is 0 Å². The van der Waals surface area contributed by atoms with Crippen LogP contribution in [0.2, 0.25) is 0 Å². The molecule has 0 bridgehead atoms. The smallest absolute Gasteiger partial charge is 0.337 e. The zero-order chi connectivity index (χ0) is 20.0. The van der Waals surface area contributed by atoms with E-state index in [9.17, 15) is 14.4 Å². The molecule has 0 atom stereocenters. The van der Waals surface area contributed by atoms with Crippen molar-refractivity contribution in [1.29, 1.82) is 0 Å². The van der Waals surface area contributed by atoms with E-state index in [1.165, 1.54) is 27.2 Å². The van der Waals surface area contributed by atoms with Gasteiger partial charge in [-0.15, -0.1) is 0 Å². The highest BCUT2D eigenvalue weighted by atomic mass is 16.5. The molecule has 2 rings (SSSR count). The van der Waals surface area contributed by atoms with Gasteiger partial charge in [-0.25, -0.2) is 9.59 Å². The molecule has 2 aromatic carbocycles. The average molecular weight is 370 g/mol. The summed E-state index contributed by atoms with van der Waals surface area (Å²) in [6.45, 7) is 3.84. The third-order valence-electron chi connectivity index (χ3n) is 4.00. The molecule has 27 heavy (non-hydrogen) atoms. The van der Waals surface area contributed by atoms with Crippen LogP contribution >= 0.6 is 0 Å². The quantitative estimate of drug-likeness (QED) is 0.549. The fraction of sp³-hybridized carbons (Fsp3) is 0.286. The Morgan fingerprint density at radius 3 is 1.93 bits per heavy atom. The van der Waals surface area contributed by atoms with Crippen LogP contribution in [0.3, 0.4) is 0 Å². The lowest BCUT2D eigenvalue weighted by atomic mass is 9.97. The van der Waals surface area contributed by atoms with Gasteiger partial charge in [0.15, 0.2) is 5.78 Å². The second kappa shape index (κ2) is 8.98. The van der Waals surface area contributed by atoms with Crippen molar-refractivity contribution in [3.8, 4) is 5.75 Å². The van der Waals surface area contributed by atoms with Gasteiger partial charge in [0.25, 0.3) is 0 Å². The van der Waals surface area contributed by atoms with Gasteiger partial charge in [-0.05, 0) is 61.4 Å². The Bertz CT molecular complexity index is 835. The van der Waals surface area contributed by atoms with Crippen LogP contribution in [0.5, 0.6) is 5.75 Å². The maximum absolute atomic E-state index is 12.0. The molecule has 0 fully saturated rings. The van der Waals surface area contributed by atoms with Gasteiger partial charge in [0.05, 0.1) is 32.0 Å². The van der Waals surface area contributed by atoms with Gasteiger partial charge >= 0.3 is 11.9 Å². The molecule has 0 aromatic heterocycles. The zero-order valence-electron chi connectivity index (χ0n) is 15.8. The molecule has 0 spiro atoms. The first-order chi connectivity index (χ1) is 12.9. The summed E-state index contributed by atoms with van der Waals surface area (Å²) in [5.74, 6) is -0.516. The van der Waals surface area contributed by atoms with Crippen LogP contribution in [0.1, 0.15) is 56.0 Å². The predicted molar refractivity (Wildman–Crippen MR) is 99.5 cm³/mol. The van der Waals surface area contributed by atoms with Crippen molar-refractivity contribution in [2.45, 2.75) is 20.3 Å². The SMILES string of the molecule is CCOc1ccc(C(C)=O)cc1Cc1cc(C(=O)OC)cc(C(=O)OC)c1. The Kier molecular flexibility index (Phi) is 6.71. The van der Waals surface area contributed by atoms with Gasteiger partial charge in [0.2, 0.25) is 0 Å². The molecule has 0 saturated carbocycles. The van der Waals surface area contributed by atoms with E-state index in [0.717, 1.165) is 5.56 Å². The van der Waals surface area contributed by atoms with E-state index in [1.807, 2.05) is 6.92 Å². The zero-order valence-corrected chi connectivity index (χ0v) is 15.8. The van der Waals surface area contributed by atoms with Crippen molar-refractivity contribution in [2.75, 3.05) is 20.8 Å². The summed E-state index contributed by atoms with van der Waals surface area (Å²) in [6, 6.07) is 9.94. The van der Waals surface area contributed by atoms with Crippen molar-refractivity contribution in [2.24, 2.45) is 0 Å². The Morgan fingerprint density at radius 2 is 1.44 bits per heavy atom. The number of benzene rings is 2. The van der Waals surface area contributed by atoms with Crippen LogP contribution in [0.4, 0.5) is 0 Å². The molecule has 0 aliphatic rings. The lowest BCUT2D eigenvalue weighted by Crippen LogP contribution is -2.08. The third-order valence-corrected chi connectivity index (χ3v) is 4.00. The molecule has 0 saturated heterocycles. The molecule has 2 aromatic rings.